The summed E-state index contributed by atoms with van der Waals surface area (Å²) in [4.78, 5) is 14.6. The molecule has 3 heterocycles. The number of pyridine rings is 1. The van der Waals surface area contributed by atoms with Gasteiger partial charge in [0.15, 0.2) is 0 Å². The Balaban J connectivity index is 1.17. The molecule has 278 valence electrons. The van der Waals surface area contributed by atoms with Gasteiger partial charge in [-0.3, -0.25) is 9.55 Å². The lowest BCUT2D eigenvalue weighted by Crippen LogP contribution is -2.30. The average molecular weight is 747 g/mol. The molecule has 7 aromatic carbocycles. The molecule has 0 saturated carbocycles. The number of hydrogen-bond donors (Lipinski definition) is 1. The summed E-state index contributed by atoms with van der Waals surface area (Å²) in [5.41, 5.74) is 17.7. The molecule has 1 aliphatic carbocycles. The number of H-pyrrole nitrogens is 1. The first-order valence-electron chi connectivity index (χ1n) is 20.2. The van der Waals surface area contributed by atoms with E-state index < -0.39 is 5.41 Å². The van der Waals surface area contributed by atoms with Gasteiger partial charge in [0.25, 0.3) is 0 Å². The number of hydrogen-bond acceptors (Lipinski definition) is 2. The Morgan fingerprint density at radius 3 is 2.03 bits per heavy atom. The van der Waals surface area contributed by atoms with Crippen molar-refractivity contribution in [3.05, 3.63) is 210 Å². The van der Waals surface area contributed by atoms with E-state index in [1.807, 2.05) is 6.20 Å². The molecule has 1 aliphatic rings. The van der Waals surface area contributed by atoms with Crippen molar-refractivity contribution in [2.45, 2.75) is 38.5 Å². The molecular formula is C54H42N4. The van der Waals surface area contributed by atoms with Gasteiger partial charge in [0.1, 0.15) is 5.82 Å². The van der Waals surface area contributed by atoms with Crippen LogP contribution in [0, 0.1) is 6.92 Å². The van der Waals surface area contributed by atoms with Crippen molar-refractivity contribution in [1.29, 1.82) is 0 Å². The highest BCUT2D eigenvalue weighted by Gasteiger charge is 2.47. The van der Waals surface area contributed by atoms with Crippen LogP contribution in [0.2, 0.25) is 0 Å². The minimum Gasteiger partial charge on any atom is -0.354 e. The van der Waals surface area contributed by atoms with Gasteiger partial charge in [0.05, 0.1) is 27.7 Å². The van der Waals surface area contributed by atoms with E-state index in [-0.39, 0.29) is 5.41 Å². The fourth-order valence-corrected chi connectivity index (χ4v) is 9.77. The Morgan fingerprint density at radius 1 is 0.603 bits per heavy atom. The van der Waals surface area contributed by atoms with E-state index in [9.17, 15) is 0 Å². The molecule has 0 atom stereocenters. The maximum Gasteiger partial charge on any atom is 0.147 e. The summed E-state index contributed by atoms with van der Waals surface area (Å²) < 4.78 is 2.33. The zero-order valence-electron chi connectivity index (χ0n) is 33.1. The fraction of sp³-hybridized carbons (Fsp3) is 0.111. The van der Waals surface area contributed by atoms with E-state index in [1.165, 1.54) is 49.7 Å². The number of nitrogens with zero attached hydrogens (tertiary/aromatic N) is 3. The molecule has 4 heteroatoms. The molecular weight excluding hydrogens is 705 g/mol. The van der Waals surface area contributed by atoms with E-state index in [0.717, 1.165) is 56.0 Å². The third-order valence-electron chi connectivity index (χ3n) is 12.3. The summed E-state index contributed by atoms with van der Waals surface area (Å²) in [5, 5.41) is 2.49. The number of para-hydroxylation sites is 3. The summed E-state index contributed by atoms with van der Waals surface area (Å²) in [6.45, 7) is 9.03. The lowest BCUT2D eigenvalue weighted by atomic mass is 9.69. The Bertz CT molecular complexity index is 3180. The number of aryl methyl sites for hydroxylation is 1. The summed E-state index contributed by atoms with van der Waals surface area (Å²) in [6, 6.07) is 61.6. The molecule has 0 unspecified atom stereocenters. The molecule has 0 aliphatic heterocycles. The standard InChI is InChI=1S/C54H42N4/c1-34-30-31-55-48(32-34)54(43-25-10-8-20-39(43)40-21-9-11-26-44(40)54)36-17-12-16-35(33-36)38-22-14-29-47-51(38)57-52(58(47)37-18-6-5-7-19-37)42-24-13-23-41-49-45(53(2,3)4)27-15-28-46(49)56-50(41)42/h5-33,56H,1-4H3. The molecule has 0 amide bonds. The summed E-state index contributed by atoms with van der Waals surface area (Å²) >= 11 is 0. The third-order valence-corrected chi connectivity index (χ3v) is 12.3. The van der Waals surface area contributed by atoms with Crippen molar-refractivity contribution in [3.8, 4) is 39.3 Å². The highest BCUT2D eigenvalue weighted by molar-refractivity contribution is 6.13. The first kappa shape index (κ1) is 34.2. The van der Waals surface area contributed by atoms with Crippen LogP contribution in [0.25, 0.3) is 72.2 Å². The number of imidazole rings is 1. The van der Waals surface area contributed by atoms with E-state index in [0.29, 0.717) is 0 Å². The quantitative estimate of drug-likeness (QED) is 0.191. The number of aromatic nitrogens is 4. The molecule has 58 heavy (non-hydrogen) atoms. The first-order chi connectivity index (χ1) is 28.3. The predicted molar refractivity (Wildman–Crippen MR) is 240 cm³/mol. The largest absolute Gasteiger partial charge is 0.354 e. The van der Waals surface area contributed by atoms with Crippen LogP contribution in [0.1, 0.15) is 54.3 Å². The highest BCUT2D eigenvalue weighted by atomic mass is 15.1. The smallest absolute Gasteiger partial charge is 0.147 e. The lowest BCUT2D eigenvalue weighted by molar-refractivity contribution is 0.596. The summed E-state index contributed by atoms with van der Waals surface area (Å²) in [7, 11) is 0. The first-order valence-corrected chi connectivity index (χ1v) is 20.2. The van der Waals surface area contributed by atoms with Gasteiger partial charge in [-0.25, -0.2) is 4.98 Å². The SMILES string of the molecule is Cc1ccnc(C2(c3cccc(-c4cccc5c4nc(-c4cccc6c4[nH]c4cccc(C(C)(C)C)c46)n5-c4ccccc4)c3)c3ccccc3-c3ccccc32)c1. The van der Waals surface area contributed by atoms with Crippen LogP contribution in [0.5, 0.6) is 0 Å². The lowest BCUT2D eigenvalue weighted by Gasteiger charge is -2.33. The van der Waals surface area contributed by atoms with Crippen LogP contribution in [0.3, 0.4) is 0 Å². The van der Waals surface area contributed by atoms with Crippen LogP contribution in [-0.4, -0.2) is 19.5 Å². The van der Waals surface area contributed by atoms with Crippen LogP contribution in [0.15, 0.2) is 176 Å². The second-order valence-electron chi connectivity index (χ2n) is 16.8. The number of fused-ring (bicyclic) bond motifs is 7. The van der Waals surface area contributed by atoms with Gasteiger partial charge >= 0.3 is 0 Å². The van der Waals surface area contributed by atoms with Gasteiger partial charge in [-0.1, -0.05) is 142 Å². The van der Waals surface area contributed by atoms with Crippen LogP contribution >= 0.6 is 0 Å². The normalized spacial score (nSPS) is 13.3. The third kappa shape index (κ3) is 4.94. The van der Waals surface area contributed by atoms with Crippen molar-refractivity contribution >= 4 is 32.8 Å². The van der Waals surface area contributed by atoms with E-state index in [1.54, 1.807) is 0 Å². The molecule has 11 rings (SSSR count). The molecule has 10 aromatic rings. The fourth-order valence-electron chi connectivity index (χ4n) is 9.77. The number of benzene rings is 7. The Morgan fingerprint density at radius 2 is 1.28 bits per heavy atom. The molecule has 0 radical (unpaired) electrons. The van der Waals surface area contributed by atoms with Crippen molar-refractivity contribution < 1.29 is 0 Å². The molecule has 4 nitrogen and oxygen atoms in total. The molecule has 0 saturated heterocycles. The second-order valence-corrected chi connectivity index (χ2v) is 16.8. The Kier molecular flexibility index (Phi) is 7.52. The van der Waals surface area contributed by atoms with Gasteiger partial charge in [0, 0.05) is 39.3 Å². The van der Waals surface area contributed by atoms with E-state index in [4.69, 9.17) is 9.97 Å². The van der Waals surface area contributed by atoms with Crippen LogP contribution in [0.4, 0.5) is 0 Å². The second kappa shape index (κ2) is 12.7. The van der Waals surface area contributed by atoms with Gasteiger partial charge in [-0.2, -0.15) is 0 Å². The zero-order chi connectivity index (χ0) is 39.2. The molecule has 0 bridgehead atoms. The van der Waals surface area contributed by atoms with E-state index >= 15 is 0 Å². The topological polar surface area (TPSA) is 46.5 Å². The summed E-state index contributed by atoms with van der Waals surface area (Å²) in [6.07, 6.45) is 1.95. The van der Waals surface area contributed by atoms with Gasteiger partial charge in [-0.05, 0) is 105 Å². The van der Waals surface area contributed by atoms with Crippen molar-refractivity contribution in [2.24, 2.45) is 0 Å². The minimum atomic E-state index is -0.602. The number of rotatable bonds is 5. The highest BCUT2D eigenvalue weighted by Crippen LogP contribution is 2.56. The van der Waals surface area contributed by atoms with Crippen LogP contribution < -0.4 is 0 Å². The van der Waals surface area contributed by atoms with Gasteiger partial charge < -0.3 is 4.98 Å². The monoisotopic (exact) mass is 746 g/mol. The maximum absolute atomic E-state index is 5.64. The van der Waals surface area contributed by atoms with Crippen molar-refractivity contribution in [2.75, 3.05) is 0 Å². The Hall–Kier alpha value is -7.04. The Labute approximate surface area is 338 Å². The van der Waals surface area contributed by atoms with E-state index in [2.05, 4.69) is 207 Å². The van der Waals surface area contributed by atoms with Crippen LogP contribution in [-0.2, 0) is 10.8 Å². The van der Waals surface area contributed by atoms with Crippen molar-refractivity contribution in [3.63, 3.8) is 0 Å². The predicted octanol–water partition coefficient (Wildman–Crippen LogP) is 13.4. The van der Waals surface area contributed by atoms with Gasteiger partial charge in [0.2, 0.25) is 0 Å². The molecule has 1 N–H and O–H groups in total. The number of aromatic amines is 1. The summed E-state index contributed by atoms with van der Waals surface area (Å²) in [5.74, 6) is 0.901. The molecule has 0 fully saturated rings. The van der Waals surface area contributed by atoms with Gasteiger partial charge in [-0.15, -0.1) is 0 Å². The minimum absolute atomic E-state index is 0.0120. The maximum atomic E-state index is 5.64. The zero-order valence-corrected chi connectivity index (χ0v) is 33.1. The number of nitrogens with one attached hydrogen (secondary N) is 1. The van der Waals surface area contributed by atoms with Crippen molar-refractivity contribution in [1.82, 2.24) is 19.5 Å². The molecule has 3 aromatic heterocycles. The average Bonchev–Trinajstić information content (AvgIpc) is 3.92. The molecule has 0 spiro atoms.